The fourth-order valence-electron chi connectivity index (χ4n) is 5.20. The number of aliphatic hydroxyl groups excluding tert-OH is 2. The fraction of sp³-hybridized carbons (Fsp3) is 0.214. The largest absolute Gasteiger partial charge is 0.424 e. The quantitative estimate of drug-likeness (QED) is 0.138. The molecule has 0 aliphatic heterocycles. The Hall–Kier alpha value is -3.54. The predicted molar refractivity (Wildman–Crippen MR) is 130 cm³/mol. The number of carbonyl (C=O) groups is 2. The summed E-state index contributed by atoms with van der Waals surface area (Å²) in [6.07, 6.45) is -3.69. The average molecular weight is 440 g/mol. The minimum absolute atomic E-state index is 0.117. The van der Waals surface area contributed by atoms with Crippen molar-refractivity contribution in [3.05, 3.63) is 64.7 Å². The van der Waals surface area contributed by atoms with Crippen LogP contribution in [0.25, 0.3) is 43.1 Å². The van der Waals surface area contributed by atoms with E-state index in [0.717, 1.165) is 60.0 Å². The third-order valence-electron chi connectivity index (χ3n) is 6.70. The molecule has 5 rings (SSSR count). The molecular formula is C28H24O5. The van der Waals surface area contributed by atoms with E-state index in [2.05, 4.69) is 51.1 Å². The Morgan fingerprint density at radius 3 is 1.82 bits per heavy atom. The van der Waals surface area contributed by atoms with Crippen molar-refractivity contribution >= 4 is 55.3 Å². The summed E-state index contributed by atoms with van der Waals surface area (Å²) in [6, 6.07) is 14.4. The highest BCUT2D eigenvalue weighted by molar-refractivity contribution is 6.35. The predicted octanol–water partition coefficient (Wildman–Crippen LogP) is 4.80. The van der Waals surface area contributed by atoms with Crippen LogP contribution in [-0.4, -0.2) is 34.7 Å². The van der Waals surface area contributed by atoms with Gasteiger partial charge in [0, 0.05) is 10.8 Å². The van der Waals surface area contributed by atoms with Gasteiger partial charge in [-0.2, -0.15) is 0 Å². The van der Waals surface area contributed by atoms with Crippen molar-refractivity contribution < 1.29 is 24.5 Å². The van der Waals surface area contributed by atoms with Crippen LogP contribution >= 0.6 is 0 Å². The SMILES string of the molecule is Cc1ccc2c3ccc(C)c4c(C)cc(OC(=O)C(O)C(O)C=O)c(c5ccc(C)c1c25)c43. The maximum absolute atomic E-state index is 12.6. The van der Waals surface area contributed by atoms with Crippen LogP contribution in [0, 0.1) is 27.7 Å². The monoisotopic (exact) mass is 440 g/mol. The Morgan fingerprint density at radius 2 is 1.24 bits per heavy atom. The van der Waals surface area contributed by atoms with E-state index in [1.54, 1.807) is 6.07 Å². The third kappa shape index (κ3) is 3.00. The van der Waals surface area contributed by atoms with Crippen LogP contribution in [-0.2, 0) is 9.59 Å². The van der Waals surface area contributed by atoms with Gasteiger partial charge in [-0.25, -0.2) is 4.79 Å². The molecule has 0 aliphatic rings. The molecule has 0 spiro atoms. The number of aldehydes is 1. The van der Waals surface area contributed by atoms with Crippen molar-refractivity contribution in [1.29, 1.82) is 0 Å². The summed E-state index contributed by atoms with van der Waals surface area (Å²) in [5.41, 5.74) is 4.37. The standard InChI is InChI=1S/C28H24O5/c1-13-5-8-17-18-9-6-15(3)23-16(4)11-21(33-28(32)27(31)20(30)12-29)25(26(18)23)19-10-7-14(2)22(13)24(17)19/h5-12,20,27,30-31H,1-4H3. The van der Waals surface area contributed by atoms with Crippen molar-refractivity contribution in [2.75, 3.05) is 0 Å². The van der Waals surface area contributed by atoms with E-state index in [9.17, 15) is 19.8 Å². The van der Waals surface area contributed by atoms with E-state index in [1.165, 1.54) is 5.39 Å². The minimum atomic E-state index is -1.96. The lowest BCUT2D eigenvalue weighted by atomic mass is 9.85. The molecule has 5 aromatic carbocycles. The summed E-state index contributed by atoms with van der Waals surface area (Å²) < 4.78 is 5.64. The number of fused-ring (bicyclic) bond motifs is 2. The molecule has 5 aromatic rings. The van der Waals surface area contributed by atoms with Crippen molar-refractivity contribution in [3.63, 3.8) is 0 Å². The van der Waals surface area contributed by atoms with Crippen LogP contribution in [0.5, 0.6) is 5.75 Å². The highest BCUT2D eigenvalue weighted by atomic mass is 16.6. The topological polar surface area (TPSA) is 83.8 Å². The van der Waals surface area contributed by atoms with Gasteiger partial charge in [-0.15, -0.1) is 0 Å². The molecule has 2 unspecified atom stereocenters. The van der Waals surface area contributed by atoms with Gasteiger partial charge in [0.1, 0.15) is 11.9 Å². The number of ether oxygens (including phenoxy) is 1. The normalized spacial score (nSPS) is 13.8. The van der Waals surface area contributed by atoms with Gasteiger partial charge in [0.25, 0.3) is 0 Å². The van der Waals surface area contributed by atoms with E-state index in [0.29, 0.717) is 5.75 Å². The summed E-state index contributed by atoms with van der Waals surface area (Å²) in [5.74, 6) is -0.775. The number of carbonyl (C=O) groups excluding carboxylic acids is 2. The lowest BCUT2D eigenvalue weighted by Crippen LogP contribution is -2.37. The first-order valence-corrected chi connectivity index (χ1v) is 10.9. The first-order chi connectivity index (χ1) is 15.7. The third-order valence-corrected chi connectivity index (χ3v) is 6.70. The van der Waals surface area contributed by atoms with Gasteiger partial charge < -0.3 is 19.7 Å². The Morgan fingerprint density at radius 1 is 0.727 bits per heavy atom. The molecule has 166 valence electrons. The van der Waals surface area contributed by atoms with E-state index < -0.39 is 18.2 Å². The molecule has 2 N–H and O–H groups in total. The molecular weight excluding hydrogens is 416 g/mol. The molecule has 0 heterocycles. The van der Waals surface area contributed by atoms with Crippen LogP contribution < -0.4 is 4.74 Å². The van der Waals surface area contributed by atoms with Crippen LogP contribution in [0.1, 0.15) is 22.3 Å². The van der Waals surface area contributed by atoms with Gasteiger partial charge in [-0.05, 0) is 88.3 Å². The lowest BCUT2D eigenvalue weighted by Gasteiger charge is -2.21. The van der Waals surface area contributed by atoms with E-state index >= 15 is 0 Å². The van der Waals surface area contributed by atoms with Gasteiger partial charge in [0.15, 0.2) is 12.4 Å². The summed E-state index contributed by atoms with van der Waals surface area (Å²) in [5, 5.41) is 27.9. The number of aryl methyl sites for hydroxylation is 4. The second-order valence-electron chi connectivity index (χ2n) is 8.85. The Balaban J connectivity index is 1.96. The maximum Gasteiger partial charge on any atom is 0.343 e. The highest BCUT2D eigenvalue weighted by Gasteiger charge is 2.28. The summed E-state index contributed by atoms with van der Waals surface area (Å²) in [7, 11) is 0. The van der Waals surface area contributed by atoms with Crippen molar-refractivity contribution in [3.8, 4) is 5.75 Å². The first-order valence-electron chi connectivity index (χ1n) is 10.9. The first kappa shape index (κ1) is 21.3. The molecule has 0 radical (unpaired) electrons. The Labute approximate surface area is 190 Å². The Bertz CT molecular complexity index is 1590. The molecule has 0 bridgehead atoms. The van der Waals surface area contributed by atoms with Gasteiger partial charge in [-0.3, -0.25) is 0 Å². The maximum atomic E-state index is 12.6. The second-order valence-corrected chi connectivity index (χ2v) is 8.85. The molecule has 0 amide bonds. The smallest absolute Gasteiger partial charge is 0.343 e. The van der Waals surface area contributed by atoms with Crippen LogP contribution in [0.4, 0.5) is 0 Å². The van der Waals surface area contributed by atoms with Crippen LogP contribution in [0.2, 0.25) is 0 Å². The zero-order valence-electron chi connectivity index (χ0n) is 18.9. The number of hydrogen-bond donors (Lipinski definition) is 2. The van der Waals surface area contributed by atoms with Crippen molar-refractivity contribution in [2.45, 2.75) is 39.9 Å². The molecule has 0 aliphatic carbocycles. The van der Waals surface area contributed by atoms with E-state index in [4.69, 9.17) is 4.74 Å². The lowest BCUT2D eigenvalue weighted by molar-refractivity contribution is -0.151. The zero-order chi connectivity index (χ0) is 23.6. The molecule has 5 heteroatoms. The van der Waals surface area contributed by atoms with Gasteiger partial charge >= 0.3 is 5.97 Å². The van der Waals surface area contributed by atoms with E-state index in [1.807, 2.05) is 13.0 Å². The number of esters is 1. The van der Waals surface area contributed by atoms with Crippen LogP contribution in [0.3, 0.4) is 0 Å². The Kier molecular flexibility index (Phi) is 4.85. The van der Waals surface area contributed by atoms with Gasteiger partial charge in [0.2, 0.25) is 0 Å². The number of rotatable bonds is 4. The average Bonchev–Trinajstić information content (AvgIpc) is 2.79. The number of aliphatic hydroxyl groups is 2. The second kappa shape index (κ2) is 7.51. The summed E-state index contributed by atoms with van der Waals surface area (Å²) >= 11 is 0. The molecule has 0 fully saturated rings. The summed E-state index contributed by atoms with van der Waals surface area (Å²) in [4.78, 5) is 23.5. The molecule has 0 saturated heterocycles. The molecule has 0 aromatic heterocycles. The number of hydrogen-bond acceptors (Lipinski definition) is 5. The molecule has 0 saturated carbocycles. The minimum Gasteiger partial charge on any atom is -0.424 e. The highest BCUT2D eigenvalue weighted by Crippen LogP contribution is 2.47. The zero-order valence-corrected chi connectivity index (χ0v) is 18.9. The molecule has 5 nitrogen and oxygen atoms in total. The fourth-order valence-corrected chi connectivity index (χ4v) is 5.20. The number of benzene rings is 5. The molecule has 2 atom stereocenters. The van der Waals surface area contributed by atoms with Gasteiger partial charge in [0.05, 0.1) is 0 Å². The van der Waals surface area contributed by atoms with Crippen molar-refractivity contribution in [1.82, 2.24) is 0 Å². The van der Waals surface area contributed by atoms with Gasteiger partial charge in [-0.1, -0.05) is 36.4 Å². The molecule has 33 heavy (non-hydrogen) atoms. The van der Waals surface area contributed by atoms with E-state index in [-0.39, 0.29) is 6.29 Å². The van der Waals surface area contributed by atoms with Crippen LogP contribution in [0.15, 0.2) is 42.5 Å². The summed E-state index contributed by atoms with van der Waals surface area (Å²) in [6.45, 7) is 8.19. The van der Waals surface area contributed by atoms with Crippen molar-refractivity contribution in [2.24, 2.45) is 0 Å².